The van der Waals surface area contributed by atoms with Crippen LogP contribution in [0.3, 0.4) is 0 Å². The Labute approximate surface area is 650 Å². The van der Waals surface area contributed by atoms with Crippen LogP contribution in [-0.4, -0.2) is 63.8 Å². The number of carbonyl (C=O) groups is 4. The van der Waals surface area contributed by atoms with E-state index < -0.39 is 0 Å². The Bertz CT molecular complexity index is 3250. The van der Waals surface area contributed by atoms with Gasteiger partial charge in [-0.15, -0.1) is 11.6 Å². The molecule has 8 aromatic carbocycles. The molecule has 0 amide bonds. The van der Waals surface area contributed by atoms with Gasteiger partial charge in [-0.1, -0.05) is 134 Å². The van der Waals surface area contributed by atoms with Crippen LogP contribution in [0.4, 0.5) is 0 Å². The molecule has 4 aliphatic carbocycles. The Morgan fingerprint density at radius 3 is 0.968 bits per heavy atom. The molecule has 492 valence electrons. The Balaban J connectivity index is 0.000000256. The summed E-state index contributed by atoms with van der Waals surface area (Å²) in [5.74, 6) is 6.35. The zero-order valence-electron chi connectivity index (χ0n) is 55.5. The number of Topliss-reactive ketones (excluding diaryl/α,β-unsaturated/α-hetero) is 3. The number of halogens is 1. The molecule has 18 heteroatoms. The van der Waals surface area contributed by atoms with E-state index in [1.807, 2.05) is 194 Å². The van der Waals surface area contributed by atoms with Crippen LogP contribution in [-0.2, 0) is 50.5 Å². The van der Waals surface area contributed by atoms with Gasteiger partial charge in [0.05, 0.1) is 11.5 Å². The predicted molar refractivity (Wildman–Crippen MR) is 357 cm³/mol. The number of benzene rings is 8. The van der Waals surface area contributed by atoms with E-state index in [9.17, 15) is 19.5 Å². The first-order valence-corrected chi connectivity index (χ1v) is 32.3. The molecule has 0 aliphatic heterocycles. The molecule has 5 atom stereocenters. The number of hydrogen-bond acceptors (Lipinski definition) is 15. The fourth-order valence-corrected chi connectivity index (χ4v) is 10.4. The number of carbonyl (C=O) groups excluding carboxylic acids is 4. The number of aliphatic hydroxyl groups is 1. The molecule has 2 N–H and O–H groups in total. The van der Waals surface area contributed by atoms with Crippen molar-refractivity contribution in [3.05, 3.63) is 241 Å². The van der Waals surface area contributed by atoms with E-state index in [1.54, 1.807) is 24.3 Å². The van der Waals surface area contributed by atoms with Crippen LogP contribution >= 0.6 is 11.6 Å². The number of ether oxygens (including phenoxy) is 7. The standard InChI is InChI=1S/C19H22O3.2C19H20O3.C13H12O2.C6H9ClO.CH2O3.2K.H/c3*20-18-8-4-5-9-19(18)22-17-12-10-16(11-13-17)21-14-15-6-2-1-3-7-15;14-12-6-8-13(9-7-12)15-10-11-4-2-1-3-5-11;7-5-3-1-2-4-6(5)8;2-1-4-3;;;/h1-3,6-7,10-13,18-20H,4-5,8-9,14H2;2*1-3,6-7,10-13,19H,4-5,8-9,14H2;1-9,14H,10H2;5H,1-4H2;1,3H;;;/q;;;;;;2*+1;-1/p-1. The van der Waals surface area contributed by atoms with Crippen molar-refractivity contribution in [2.45, 2.75) is 159 Å². The molecule has 0 saturated heterocycles. The second-order valence-corrected chi connectivity index (χ2v) is 23.0. The summed E-state index contributed by atoms with van der Waals surface area (Å²) in [4.78, 5) is 45.5. The van der Waals surface area contributed by atoms with Gasteiger partial charge < -0.3 is 54.9 Å². The van der Waals surface area contributed by atoms with Gasteiger partial charge in [-0.3, -0.25) is 19.2 Å². The molecular weight excluding hydrogens is 1280 g/mol. The number of aliphatic hydroxyl groups excluding tert-OH is 1. The minimum Gasteiger partial charge on any atom is -1.00 e. The fraction of sp³-hybridized carbons (Fsp3) is 0.325. The summed E-state index contributed by atoms with van der Waals surface area (Å²) in [6, 6.07) is 69.5. The second kappa shape index (κ2) is 47.1. The summed E-state index contributed by atoms with van der Waals surface area (Å²) >= 11 is 5.62. The van der Waals surface area contributed by atoms with Crippen molar-refractivity contribution >= 4 is 35.4 Å². The van der Waals surface area contributed by atoms with E-state index in [0.29, 0.717) is 45.7 Å². The SMILES string of the molecule is O=C1CCCCC1Cl.O=C1CCCCC1Oc1ccc(OCc2ccccc2)cc1.O=C1CCCCC1Oc1ccc(OCc2ccccc2)cc1.O=CO[O-].OC1CCCCC1Oc1ccc(OCc2ccccc2)cc1.Oc1ccc(OCc2ccccc2)cc1.[H-].[K+].[K+]. The second-order valence-electron chi connectivity index (χ2n) is 22.5. The Morgan fingerprint density at radius 2 is 0.674 bits per heavy atom. The van der Waals surface area contributed by atoms with Crippen LogP contribution in [0.2, 0.25) is 0 Å². The predicted octanol–water partition coefficient (Wildman–Crippen LogP) is 9.52. The van der Waals surface area contributed by atoms with Crippen LogP contribution < -0.4 is 141 Å². The quantitative estimate of drug-likeness (QED) is 0.0254. The van der Waals surface area contributed by atoms with Gasteiger partial charge in [0.15, 0.2) is 29.6 Å². The van der Waals surface area contributed by atoms with Crippen molar-refractivity contribution in [1.29, 1.82) is 0 Å². The summed E-state index contributed by atoms with van der Waals surface area (Å²) in [6.45, 7) is 2.01. The first-order valence-electron chi connectivity index (χ1n) is 31.9. The van der Waals surface area contributed by atoms with Gasteiger partial charge in [0.1, 0.15) is 78.5 Å². The average molecular weight is 1360 g/mol. The Morgan fingerprint density at radius 1 is 0.389 bits per heavy atom. The molecule has 0 heterocycles. The molecule has 4 saturated carbocycles. The monoisotopic (exact) mass is 1360 g/mol. The molecule has 12 rings (SSSR count). The van der Waals surface area contributed by atoms with Crippen molar-refractivity contribution in [2.75, 3.05) is 0 Å². The maximum Gasteiger partial charge on any atom is 1.00 e. The van der Waals surface area contributed by atoms with Gasteiger partial charge in [-0.25, -0.2) is 0 Å². The van der Waals surface area contributed by atoms with Crippen LogP contribution in [0.25, 0.3) is 0 Å². The molecule has 5 unspecified atom stereocenters. The Kier molecular flexibility index (Phi) is 39.6. The molecular formula is C77H85ClK2O15. The molecule has 0 aromatic heterocycles. The molecule has 8 aromatic rings. The third-order valence-electron chi connectivity index (χ3n) is 15.3. The van der Waals surface area contributed by atoms with Crippen LogP contribution in [0.1, 0.15) is 126 Å². The van der Waals surface area contributed by atoms with Crippen LogP contribution in [0, 0.1) is 0 Å². The summed E-state index contributed by atoms with van der Waals surface area (Å²) in [5, 5.41) is 27.3. The molecule has 4 fully saturated rings. The van der Waals surface area contributed by atoms with Crippen LogP contribution in [0.5, 0.6) is 46.0 Å². The van der Waals surface area contributed by atoms with Gasteiger partial charge in [-0.2, -0.15) is 0 Å². The number of rotatable bonds is 19. The number of hydrogen-bond donors (Lipinski definition) is 2. The summed E-state index contributed by atoms with van der Waals surface area (Å²) in [5.41, 5.74) is 4.55. The molecule has 95 heavy (non-hydrogen) atoms. The number of alkyl halides is 1. The van der Waals surface area contributed by atoms with E-state index in [0.717, 1.165) is 146 Å². The first-order chi connectivity index (χ1) is 45.5. The van der Waals surface area contributed by atoms with E-state index in [1.165, 1.54) is 0 Å². The fourth-order valence-electron chi connectivity index (χ4n) is 10.2. The van der Waals surface area contributed by atoms with Gasteiger partial charge in [-0.05, 0) is 190 Å². The van der Waals surface area contributed by atoms with Gasteiger partial charge >= 0.3 is 103 Å². The minimum absolute atomic E-state index is 0. The summed E-state index contributed by atoms with van der Waals surface area (Å²) < 4.78 is 40.2. The van der Waals surface area contributed by atoms with E-state index >= 15 is 0 Å². The molecule has 0 bridgehead atoms. The zero-order valence-corrected chi connectivity index (χ0v) is 61.5. The van der Waals surface area contributed by atoms with Gasteiger partial charge in [0.2, 0.25) is 0 Å². The minimum atomic E-state index is -0.345. The topological polar surface area (TPSA) is 206 Å². The van der Waals surface area contributed by atoms with Crippen molar-refractivity contribution in [1.82, 2.24) is 0 Å². The number of phenols is 1. The van der Waals surface area contributed by atoms with Gasteiger partial charge in [0, 0.05) is 19.3 Å². The number of ketones is 3. The molecule has 0 radical (unpaired) electrons. The first kappa shape index (κ1) is 79.8. The van der Waals surface area contributed by atoms with Crippen molar-refractivity contribution in [2.24, 2.45) is 0 Å². The maximum atomic E-state index is 11.8. The largest absolute Gasteiger partial charge is 1.00 e. The van der Waals surface area contributed by atoms with E-state index in [-0.39, 0.29) is 164 Å². The molecule has 15 nitrogen and oxygen atoms in total. The maximum absolute atomic E-state index is 11.8. The molecule has 4 aliphatic rings. The van der Waals surface area contributed by atoms with Gasteiger partial charge in [0.25, 0.3) is 6.47 Å². The summed E-state index contributed by atoms with van der Waals surface area (Å²) in [7, 11) is 0. The third-order valence-corrected chi connectivity index (χ3v) is 15.8. The third kappa shape index (κ3) is 31.9. The number of aromatic hydroxyl groups is 1. The van der Waals surface area contributed by atoms with Crippen LogP contribution in [0.15, 0.2) is 218 Å². The average Bonchev–Trinajstić information content (AvgIpc) is 1.11. The van der Waals surface area contributed by atoms with E-state index in [2.05, 4.69) is 4.89 Å². The zero-order chi connectivity index (χ0) is 65.5. The normalized spacial score (nSPS) is 17.6. The van der Waals surface area contributed by atoms with E-state index in [4.69, 9.17) is 59.9 Å². The summed E-state index contributed by atoms with van der Waals surface area (Å²) in [6.07, 6.45) is 13.8. The Hall–Kier alpha value is -5.88. The number of phenolic OH excluding ortho intramolecular Hbond substituents is 1. The smallest absolute Gasteiger partial charge is 1.00 e. The van der Waals surface area contributed by atoms with Crippen molar-refractivity contribution in [3.63, 3.8) is 0 Å². The molecule has 0 spiro atoms. The van der Waals surface area contributed by atoms with Crippen molar-refractivity contribution < 1.29 is 177 Å². The van der Waals surface area contributed by atoms with Crippen molar-refractivity contribution in [3.8, 4) is 46.0 Å².